The summed E-state index contributed by atoms with van der Waals surface area (Å²) >= 11 is 5.98. The molecule has 1 saturated carbocycles. The molecule has 1 aromatic rings. The number of likely N-dealkylation sites (N-methyl/N-ethyl adjacent to an activating group) is 2. The summed E-state index contributed by atoms with van der Waals surface area (Å²) in [7, 11) is 6.48. The molecule has 1 heterocycles. The predicted octanol–water partition coefficient (Wildman–Crippen LogP) is 2.35. The standard InChI is InChI=1S/C14H23ClN4/c1-11-8-12(15)17-13(16-11)9-19(4)10-14(18(2)3)6-5-7-14/h8H,5-7,9-10H2,1-4H3. The van der Waals surface area contributed by atoms with E-state index < -0.39 is 0 Å². The van der Waals surface area contributed by atoms with Gasteiger partial charge in [-0.3, -0.25) is 4.90 Å². The van der Waals surface area contributed by atoms with Gasteiger partial charge in [0, 0.05) is 17.8 Å². The van der Waals surface area contributed by atoms with Crippen LogP contribution in [0.5, 0.6) is 0 Å². The largest absolute Gasteiger partial charge is 0.302 e. The average molecular weight is 283 g/mol. The lowest BCUT2D eigenvalue weighted by molar-refractivity contribution is 0.0253. The molecule has 0 saturated heterocycles. The first-order chi connectivity index (χ1) is 8.91. The van der Waals surface area contributed by atoms with Crippen molar-refractivity contribution in [2.24, 2.45) is 0 Å². The van der Waals surface area contributed by atoms with Crippen LogP contribution >= 0.6 is 11.6 Å². The van der Waals surface area contributed by atoms with Crippen LogP contribution in [0.4, 0.5) is 0 Å². The Morgan fingerprint density at radius 2 is 1.95 bits per heavy atom. The lowest BCUT2D eigenvalue weighted by Crippen LogP contribution is -2.56. The van der Waals surface area contributed by atoms with Gasteiger partial charge in [-0.05, 0) is 53.4 Å². The van der Waals surface area contributed by atoms with Gasteiger partial charge in [0.1, 0.15) is 11.0 Å². The number of hydrogen-bond donors (Lipinski definition) is 0. The minimum Gasteiger partial charge on any atom is -0.302 e. The Hall–Kier alpha value is -0.710. The molecule has 0 radical (unpaired) electrons. The van der Waals surface area contributed by atoms with Gasteiger partial charge in [0.25, 0.3) is 0 Å². The van der Waals surface area contributed by atoms with Gasteiger partial charge < -0.3 is 4.90 Å². The van der Waals surface area contributed by atoms with E-state index in [0.717, 1.165) is 24.6 Å². The average Bonchev–Trinajstić information content (AvgIpc) is 2.21. The van der Waals surface area contributed by atoms with Crippen molar-refractivity contribution >= 4 is 11.6 Å². The highest BCUT2D eigenvalue weighted by Crippen LogP contribution is 2.36. The molecule has 0 unspecified atom stereocenters. The number of nitrogens with zero attached hydrogens (tertiary/aromatic N) is 4. The zero-order chi connectivity index (χ0) is 14.0. The molecule has 1 aliphatic rings. The molecule has 106 valence electrons. The molecule has 1 fully saturated rings. The maximum atomic E-state index is 5.98. The first kappa shape index (κ1) is 14.7. The molecule has 0 spiro atoms. The summed E-state index contributed by atoms with van der Waals surface area (Å²) in [4.78, 5) is 13.4. The van der Waals surface area contributed by atoms with E-state index in [1.54, 1.807) is 6.07 Å². The molecule has 4 nitrogen and oxygen atoms in total. The molecule has 2 rings (SSSR count). The van der Waals surface area contributed by atoms with E-state index in [-0.39, 0.29) is 0 Å². The molecule has 0 amide bonds. The summed E-state index contributed by atoms with van der Waals surface area (Å²) in [5.41, 5.74) is 1.26. The van der Waals surface area contributed by atoms with Crippen molar-refractivity contribution in [3.8, 4) is 0 Å². The van der Waals surface area contributed by atoms with Crippen LogP contribution in [0.1, 0.15) is 30.8 Å². The monoisotopic (exact) mass is 282 g/mol. The zero-order valence-electron chi connectivity index (χ0n) is 12.3. The summed E-state index contributed by atoms with van der Waals surface area (Å²) in [5.74, 6) is 0.806. The number of hydrogen-bond acceptors (Lipinski definition) is 4. The summed E-state index contributed by atoms with van der Waals surface area (Å²) in [6.45, 7) is 3.75. The second-order valence-corrected chi connectivity index (χ2v) is 6.28. The quantitative estimate of drug-likeness (QED) is 0.776. The lowest BCUT2D eigenvalue weighted by Gasteiger charge is -2.49. The van der Waals surface area contributed by atoms with Crippen molar-refractivity contribution in [3.05, 3.63) is 22.7 Å². The van der Waals surface area contributed by atoms with Crippen LogP contribution < -0.4 is 0 Å². The molecular weight excluding hydrogens is 260 g/mol. The van der Waals surface area contributed by atoms with E-state index >= 15 is 0 Å². The summed E-state index contributed by atoms with van der Waals surface area (Å²) < 4.78 is 0. The highest BCUT2D eigenvalue weighted by atomic mass is 35.5. The minimum atomic E-state index is 0.336. The Bertz CT molecular complexity index is 423. The van der Waals surface area contributed by atoms with Gasteiger partial charge in [-0.25, -0.2) is 9.97 Å². The lowest BCUT2D eigenvalue weighted by atomic mass is 9.75. The number of aryl methyl sites for hydroxylation is 1. The molecule has 0 aromatic carbocycles. The van der Waals surface area contributed by atoms with Crippen molar-refractivity contribution in [1.29, 1.82) is 0 Å². The molecule has 5 heteroatoms. The van der Waals surface area contributed by atoms with Crippen molar-refractivity contribution in [1.82, 2.24) is 19.8 Å². The number of rotatable bonds is 5. The molecule has 19 heavy (non-hydrogen) atoms. The van der Waals surface area contributed by atoms with E-state index in [1.165, 1.54) is 19.3 Å². The van der Waals surface area contributed by atoms with Crippen LogP contribution in [-0.4, -0.2) is 53.0 Å². The van der Waals surface area contributed by atoms with Crippen molar-refractivity contribution in [2.45, 2.75) is 38.3 Å². The van der Waals surface area contributed by atoms with Crippen LogP contribution in [0.3, 0.4) is 0 Å². The fourth-order valence-corrected chi connectivity index (χ4v) is 3.05. The summed E-state index contributed by atoms with van der Waals surface area (Å²) in [5, 5.41) is 0.530. The first-order valence-electron chi connectivity index (χ1n) is 6.77. The van der Waals surface area contributed by atoms with Crippen LogP contribution in [0.25, 0.3) is 0 Å². The predicted molar refractivity (Wildman–Crippen MR) is 78.4 cm³/mol. The molecule has 0 atom stereocenters. The normalized spacial score (nSPS) is 17.8. The van der Waals surface area contributed by atoms with Crippen molar-refractivity contribution in [3.63, 3.8) is 0 Å². The summed E-state index contributed by atoms with van der Waals surface area (Å²) in [6.07, 6.45) is 3.89. The van der Waals surface area contributed by atoms with E-state index in [0.29, 0.717) is 10.7 Å². The summed E-state index contributed by atoms with van der Waals surface area (Å²) in [6, 6.07) is 1.79. The van der Waals surface area contributed by atoms with Gasteiger partial charge in [-0.1, -0.05) is 11.6 Å². The Morgan fingerprint density at radius 3 is 2.42 bits per heavy atom. The van der Waals surface area contributed by atoms with Crippen molar-refractivity contribution in [2.75, 3.05) is 27.7 Å². The van der Waals surface area contributed by atoms with Crippen LogP contribution in [0.15, 0.2) is 6.07 Å². The van der Waals surface area contributed by atoms with E-state index in [1.807, 2.05) is 6.92 Å². The molecule has 0 aliphatic heterocycles. The highest BCUT2D eigenvalue weighted by Gasteiger charge is 2.39. The third kappa shape index (κ3) is 3.44. The smallest absolute Gasteiger partial charge is 0.144 e. The van der Waals surface area contributed by atoms with Gasteiger partial charge in [-0.2, -0.15) is 0 Å². The SMILES string of the molecule is Cc1cc(Cl)nc(CN(C)CC2(N(C)C)CCC2)n1. The fraction of sp³-hybridized carbons (Fsp3) is 0.714. The van der Waals surface area contributed by atoms with E-state index in [4.69, 9.17) is 11.6 Å². The maximum Gasteiger partial charge on any atom is 0.144 e. The Kier molecular flexibility index (Phi) is 4.43. The Labute approximate surface area is 120 Å². The molecular formula is C14H23ClN4. The molecule has 1 aliphatic carbocycles. The van der Waals surface area contributed by atoms with E-state index in [2.05, 4.69) is 40.9 Å². The third-order valence-corrected chi connectivity index (χ3v) is 4.27. The van der Waals surface area contributed by atoms with Crippen molar-refractivity contribution < 1.29 is 0 Å². The highest BCUT2D eigenvalue weighted by molar-refractivity contribution is 6.29. The Morgan fingerprint density at radius 1 is 1.26 bits per heavy atom. The maximum absolute atomic E-state index is 5.98. The van der Waals surface area contributed by atoms with Crippen LogP contribution in [0.2, 0.25) is 5.15 Å². The van der Waals surface area contributed by atoms with E-state index in [9.17, 15) is 0 Å². The zero-order valence-corrected chi connectivity index (χ0v) is 13.0. The van der Waals surface area contributed by atoms with Gasteiger partial charge in [0.05, 0.1) is 6.54 Å². The second-order valence-electron chi connectivity index (χ2n) is 5.89. The third-order valence-electron chi connectivity index (χ3n) is 4.08. The van der Waals surface area contributed by atoms with Gasteiger partial charge in [0.15, 0.2) is 0 Å². The van der Waals surface area contributed by atoms with Gasteiger partial charge in [-0.15, -0.1) is 0 Å². The number of aromatic nitrogens is 2. The Balaban J connectivity index is 1.99. The fourth-order valence-electron chi connectivity index (χ4n) is 2.79. The van der Waals surface area contributed by atoms with Gasteiger partial charge >= 0.3 is 0 Å². The second kappa shape index (κ2) is 5.73. The van der Waals surface area contributed by atoms with Crippen LogP contribution in [-0.2, 0) is 6.54 Å². The van der Waals surface area contributed by atoms with Gasteiger partial charge in [0.2, 0.25) is 0 Å². The molecule has 1 aromatic heterocycles. The topological polar surface area (TPSA) is 32.3 Å². The van der Waals surface area contributed by atoms with Crippen LogP contribution in [0, 0.1) is 6.92 Å². The minimum absolute atomic E-state index is 0.336. The number of halogens is 1. The molecule has 0 bridgehead atoms. The first-order valence-corrected chi connectivity index (χ1v) is 7.15. The molecule has 0 N–H and O–H groups in total.